The van der Waals surface area contributed by atoms with Crippen LogP contribution in [-0.2, 0) is 9.47 Å². The van der Waals surface area contributed by atoms with Gasteiger partial charge in [-0.3, -0.25) is 0 Å². The molecule has 1 atom stereocenters. The predicted octanol–water partition coefficient (Wildman–Crippen LogP) is 1.96. The fraction of sp³-hybridized carbons (Fsp3) is 0.875. The first-order chi connectivity index (χ1) is 5.18. The highest BCUT2D eigenvalue weighted by Crippen LogP contribution is 2.14. The van der Waals surface area contributed by atoms with Crippen molar-refractivity contribution in [3.8, 4) is 0 Å². The molecular formula is C8H14O3. The highest BCUT2D eigenvalue weighted by atomic mass is 16.8. The fourth-order valence-electron chi connectivity index (χ4n) is 1.03. The first kappa shape index (κ1) is 8.37. The maximum absolute atomic E-state index is 10.5. The molecule has 0 amide bonds. The number of carbonyl (C=O) groups excluding carboxylic acids is 1. The lowest BCUT2D eigenvalue weighted by Gasteiger charge is -2.07. The SMILES string of the molecule is CC(C)CCC1COC(=O)O1. The van der Waals surface area contributed by atoms with Crippen molar-refractivity contribution in [3.05, 3.63) is 0 Å². The highest BCUT2D eigenvalue weighted by Gasteiger charge is 2.24. The molecule has 1 heterocycles. The summed E-state index contributed by atoms with van der Waals surface area (Å²) in [4.78, 5) is 10.5. The van der Waals surface area contributed by atoms with E-state index in [1.165, 1.54) is 0 Å². The van der Waals surface area contributed by atoms with E-state index in [9.17, 15) is 4.79 Å². The van der Waals surface area contributed by atoms with E-state index in [4.69, 9.17) is 4.74 Å². The van der Waals surface area contributed by atoms with Crippen LogP contribution in [-0.4, -0.2) is 18.9 Å². The summed E-state index contributed by atoms with van der Waals surface area (Å²) < 4.78 is 9.49. The monoisotopic (exact) mass is 158 g/mol. The lowest BCUT2D eigenvalue weighted by molar-refractivity contribution is 0.114. The molecule has 1 fully saturated rings. The fourth-order valence-corrected chi connectivity index (χ4v) is 1.03. The molecule has 0 spiro atoms. The molecule has 1 aliphatic rings. The van der Waals surface area contributed by atoms with Gasteiger partial charge in [0.2, 0.25) is 0 Å². The summed E-state index contributed by atoms with van der Waals surface area (Å²) in [5.41, 5.74) is 0. The van der Waals surface area contributed by atoms with Crippen LogP contribution < -0.4 is 0 Å². The van der Waals surface area contributed by atoms with Gasteiger partial charge in [0.05, 0.1) is 0 Å². The van der Waals surface area contributed by atoms with E-state index in [0.29, 0.717) is 12.5 Å². The number of carbonyl (C=O) groups is 1. The molecule has 1 unspecified atom stereocenters. The zero-order chi connectivity index (χ0) is 8.27. The Morgan fingerprint density at radius 3 is 2.82 bits per heavy atom. The number of hydrogen-bond acceptors (Lipinski definition) is 3. The maximum atomic E-state index is 10.5. The number of hydrogen-bond donors (Lipinski definition) is 0. The average Bonchev–Trinajstić information content (AvgIpc) is 2.31. The molecule has 3 nitrogen and oxygen atoms in total. The molecule has 1 saturated heterocycles. The Morgan fingerprint density at radius 1 is 1.64 bits per heavy atom. The molecule has 0 aromatic heterocycles. The standard InChI is InChI=1S/C8H14O3/c1-6(2)3-4-7-5-10-8(9)11-7/h6-7H,3-5H2,1-2H3. The van der Waals surface area contributed by atoms with Gasteiger partial charge in [-0.2, -0.15) is 0 Å². The normalized spacial score (nSPS) is 23.5. The van der Waals surface area contributed by atoms with Crippen LogP contribution in [0.3, 0.4) is 0 Å². The summed E-state index contributed by atoms with van der Waals surface area (Å²) >= 11 is 0. The minimum atomic E-state index is -0.515. The second kappa shape index (κ2) is 3.60. The Kier molecular flexibility index (Phi) is 2.74. The van der Waals surface area contributed by atoms with Crippen LogP contribution >= 0.6 is 0 Å². The number of cyclic esters (lactones) is 2. The smallest absolute Gasteiger partial charge is 0.430 e. The second-order valence-corrected chi connectivity index (χ2v) is 3.27. The highest BCUT2D eigenvalue weighted by molar-refractivity contribution is 5.61. The quantitative estimate of drug-likeness (QED) is 0.589. The van der Waals surface area contributed by atoms with Gasteiger partial charge in [-0.25, -0.2) is 4.79 Å². The van der Waals surface area contributed by atoms with Gasteiger partial charge in [0.25, 0.3) is 0 Å². The van der Waals surface area contributed by atoms with E-state index in [-0.39, 0.29) is 6.10 Å². The lowest BCUT2D eigenvalue weighted by Crippen LogP contribution is -2.10. The number of ether oxygens (including phenoxy) is 2. The number of rotatable bonds is 3. The molecule has 0 aromatic rings. The largest absolute Gasteiger partial charge is 0.508 e. The van der Waals surface area contributed by atoms with Crippen molar-refractivity contribution in [1.29, 1.82) is 0 Å². The van der Waals surface area contributed by atoms with Crippen molar-refractivity contribution < 1.29 is 14.3 Å². The molecule has 11 heavy (non-hydrogen) atoms. The molecule has 1 aliphatic heterocycles. The summed E-state index contributed by atoms with van der Waals surface area (Å²) in [7, 11) is 0. The van der Waals surface area contributed by atoms with Crippen LogP contribution in [0.15, 0.2) is 0 Å². The van der Waals surface area contributed by atoms with Crippen molar-refractivity contribution in [3.63, 3.8) is 0 Å². The summed E-state index contributed by atoms with van der Waals surface area (Å²) in [6.45, 7) is 4.74. The first-order valence-corrected chi connectivity index (χ1v) is 4.02. The Balaban J connectivity index is 2.13. The average molecular weight is 158 g/mol. The van der Waals surface area contributed by atoms with Gasteiger partial charge in [0, 0.05) is 0 Å². The van der Waals surface area contributed by atoms with E-state index in [1.807, 2.05) is 0 Å². The van der Waals surface area contributed by atoms with E-state index in [0.717, 1.165) is 12.8 Å². The maximum Gasteiger partial charge on any atom is 0.508 e. The summed E-state index contributed by atoms with van der Waals surface area (Å²) in [5.74, 6) is 0.661. The van der Waals surface area contributed by atoms with Crippen molar-refractivity contribution in [2.75, 3.05) is 6.61 Å². The zero-order valence-electron chi connectivity index (χ0n) is 7.00. The Labute approximate surface area is 66.7 Å². The first-order valence-electron chi connectivity index (χ1n) is 4.02. The lowest BCUT2D eigenvalue weighted by atomic mass is 10.1. The molecule has 0 aromatic carbocycles. The topological polar surface area (TPSA) is 35.5 Å². The van der Waals surface area contributed by atoms with Crippen LogP contribution in [0.1, 0.15) is 26.7 Å². The minimum absolute atomic E-state index is 0.00454. The van der Waals surface area contributed by atoms with Crippen molar-refractivity contribution in [1.82, 2.24) is 0 Å². The van der Waals surface area contributed by atoms with Crippen LogP contribution in [0.25, 0.3) is 0 Å². The van der Waals surface area contributed by atoms with Gasteiger partial charge < -0.3 is 9.47 Å². The third-order valence-corrected chi connectivity index (χ3v) is 1.72. The summed E-state index contributed by atoms with van der Waals surface area (Å²) in [5, 5.41) is 0. The van der Waals surface area contributed by atoms with Gasteiger partial charge in [-0.1, -0.05) is 13.8 Å². The van der Waals surface area contributed by atoms with Gasteiger partial charge in [-0.15, -0.1) is 0 Å². The van der Waals surface area contributed by atoms with E-state index >= 15 is 0 Å². The van der Waals surface area contributed by atoms with Gasteiger partial charge >= 0.3 is 6.16 Å². The van der Waals surface area contributed by atoms with Gasteiger partial charge in [-0.05, 0) is 18.8 Å². The molecule has 3 heteroatoms. The molecule has 0 saturated carbocycles. The molecule has 0 N–H and O–H groups in total. The molecule has 0 aliphatic carbocycles. The van der Waals surface area contributed by atoms with E-state index < -0.39 is 6.16 Å². The molecule has 0 radical (unpaired) electrons. The van der Waals surface area contributed by atoms with Crippen molar-refractivity contribution in [2.24, 2.45) is 5.92 Å². The third-order valence-electron chi connectivity index (χ3n) is 1.72. The van der Waals surface area contributed by atoms with Crippen LogP contribution in [0.5, 0.6) is 0 Å². The predicted molar refractivity (Wildman–Crippen MR) is 40.3 cm³/mol. The van der Waals surface area contributed by atoms with E-state index in [1.54, 1.807) is 0 Å². The van der Waals surface area contributed by atoms with E-state index in [2.05, 4.69) is 18.6 Å². The minimum Gasteiger partial charge on any atom is -0.430 e. The molecule has 64 valence electrons. The third kappa shape index (κ3) is 2.78. The Bertz CT molecular complexity index is 142. The van der Waals surface area contributed by atoms with Crippen molar-refractivity contribution in [2.45, 2.75) is 32.8 Å². The van der Waals surface area contributed by atoms with Gasteiger partial charge in [0.1, 0.15) is 12.7 Å². The summed E-state index contributed by atoms with van der Waals surface area (Å²) in [6, 6.07) is 0. The van der Waals surface area contributed by atoms with Crippen LogP contribution in [0.4, 0.5) is 4.79 Å². The Hall–Kier alpha value is -0.730. The van der Waals surface area contributed by atoms with Gasteiger partial charge in [0.15, 0.2) is 0 Å². The Morgan fingerprint density at radius 2 is 2.36 bits per heavy atom. The van der Waals surface area contributed by atoms with Crippen molar-refractivity contribution >= 4 is 6.16 Å². The summed E-state index contributed by atoms with van der Waals surface area (Å²) in [6.07, 6.45) is 1.49. The van der Waals surface area contributed by atoms with Crippen LogP contribution in [0, 0.1) is 5.92 Å². The second-order valence-electron chi connectivity index (χ2n) is 3.27. The molecule has 0 bridgehead atoms. The molecular weight excluding hydrogens is 144 g/mol. The van der Waals surface area contributed by atoms with Crippen LogP contribution in [0.2, 0.25) is 0 Å². The zero-order valence-corrected chi connectivity index (χ0v) is 7.00. The molecule has 1 rings (SSSR count).